The van der Waals surface area contributed by atoms with Gasteiger partial charge in [0, 0.05) is 12.4 Å². The van der Waals surface area contributed by atoms with Gasteiger partial charge in [-0.25, -0.2) is 4.98 Å². The van der Waals surface area contributed by atoms with E-state index in [1.807, 2.05) is 24.7 Å². The number of rotatable bonds is 9. The summed E-state index contributed by atoms with van der Waals surface area (Å²) in [6, 6.07) is 52.0. The highest BCUT2D eigenvalue weighted by Crippen LogP contribution is 2.33. The Morgan fingerprint density at radius 1 is 0.727 bits per heavy atom. The first-order chi connectivity index (χ1) is 21.6. The van der Waals surface area contributed by atoms with Crippen molar-refractivity contribution in [2.75, 3.05) is 0 Å². The van der Waals surface area contributed by atoms with E-state index in [0.717, 1.165) is 6.42 Å². The second-order valence-electron chi connectivity index (χ2n) is 11.6. The summed E-state index contributed by atoms with van der Waals surface area (Å²) < 4.78 is 2.32. The van der Waals surface area contributed by atoms with Crippen molar-refractivity contribution in [1.82, 2.24) is 9.55 Å². The molecule has 0 saturated heterocycles. The molecule has 0 unspecified atom stereocenters. The van der Waals surface area contributed by atoms with Crippen LogP contribution in [0.25, 0.3) is 5.57 Å². The van der Waals surface area contributed by atoms with E-state index < -0.39 is 9.52 Å². The van der Waals surface area contributed by atoms with Crippen molar-refractivity contribution in [3.63, 3.8) is 0 Å². The topological polar surface area (TPSA) is 17.8 Å². The van der Waals surface area contributed by atoms with Crippen LogP contribution < -0.4 is 5.19 Å². The molecule has 1 aromatic heterocycles. The van der Waals surface area contributed by atoms with Crippen molar-refractivity contribution in [2.24, 2.45) is 5.92 Å². The molecule has 6 aromatic rings. The molecule has 0 N–H and O–H groups in total. The number of hydrogen-bond acceptors (Lipinski definition) is 1. The molecule has 0 atom stereocenters. The molecule has 4 heteroatoms. The molecule has 0 aliphatic heterocycles. The Bertz CT molecular complexity index is 1640. The monoisotopic (exact) mass is 588 g/mol. The smallest absolute Gasteiger partial charge is 0.130 e. The maximum absolute atomic E-state index is 4.42. The van der Waals surface area contributed by atoms with Crippen molar-refractivity contribution in [2.45, 2.75) is 25.4 Å². The molecule has 0 fully saturated rings. The molecule has 0 bridgehead atoms. The molecule has 218 valence electrons. The predicted molar refractivity (Wildman–Crippen MR) is 193 cm³/mol. The van der Waals surface area contributed by atoms with Crippen molar-refractivity contribution in [3.05, 3.63) is 198 Å². The highest BCUT2D eigenvalue weighted by Gasteiger charge is 2.36. The first-order valence-corrected chi connectivity index (χ1v) is 17.0. The fraction of sp³-hybridized carbons (Fsp3) is 0.125. The van der Waals surface area contributed by atoms with Crippen LogP contribution in [0, 0.1) is 5.92 Å². The second kappa shape index (κ2) is 15.2. The molecule has 5 aromatic carbocycles. The Morgan fingerprint density at radius 2 is 1.25 bits per heavy atom. The largest absolute Gasteiger partial charge is 0.326 e. The summed E-state index contributed by atoms with van der Waals surface area (Å²) >= 11 is 0. The summed E-state index contributed by atoms with van der Waals surface area (Å²) in [6.45, 7) is 4.57. The molecular formula is C40H41BN2Si. The van der Waals surface area contributed by atoms with Crippen LogP contribution in [0.15, 0.2) is 170 Å². The average Bonchev–Trinajstić information content (AvgIpc) is 3.62. The van der Waals surface area contributed by atoms with E-state index in [1.54, 1.807) is 0 Å². The molecule has 0 spiro atoms. The number of nitrogens with zero attached hydrogens (tertiary/aromatic N) is 2. The van der Waals surface area contributed by atoms with Gasteiger partial charge in [-0.3, -0.25) is 0 Å². The van der Waals surface area contributed by atoms with Crippen molar-refractivity contribution in [1.29, 1.82) is 0 Å². The van der Waals surface area contributed by atoms with Gasteiger partial charge in [-0.05, 0) is 45.7 Å². The first kappa shape index (κ1) is 30.8. The van der Waals surface area contributed by atoms with Gasteiger partial charge in [-0.2, -0.15) is 0 Å². The lowest BCUT2D eigenvalue weighted by Gasteiger charge is -2.37. The molecule has 0 amide bonds. The normalized spacial score (nSPS) is 11.2. The summed E-state index contributed by atoms with van der Waals surface area (Å²) in [4.78, 5) is 4.42. The number of hydrogen-bond donors (Lipinski definition) is 0. The Balaban J connectivity index is 0.000000215. The molecular weight excluding hydrogens is 547 g/mol. The van der Waals surface area contributed by atoms with E-state index in [-0.39, 0.29) is 5.16 Å². The lowest BCUT2D eigenvalue weighted by atomic mass is 9.92. The third-order valence-corrected chi connectivity index (χ3v) is 10.5. The Morgan fingerprint density at radius 3 is 1.70 bits per heavy atom. The van der Waals surface area contributed by atoms with Gasteiger partial charge in [0.15, 0.2) is 0 Å². The van der Waals surface area contributed by atoms with Gasteiger partial charge in [0.05, 0.1) is 21.0 Å². The minimum Gasteiger partial charge on any atom is -0.326 e. The maximum Gasteiger partial charge on any atom is 0.130 e. The van der Waals surface area contributed by atoms with Gasteiger partial charge in [0.25, 0.3) is 0 Å². The SMILES string of the molecule is BC=C(c1ccccc1)c1ccccc1.CC(C)Cc1cccc([SiH2]C(c2ccccc2)(c2ccccc2)n2ccnc2)c1. The first-order valence-electron chi connectivity index (χ1n) is 15.5. The molecule has 2 nitrogen and oxygen atoms in total. The molecule has 0 radical (unpaired) electrons. The van der Waals surface area contributed by atoms with E-state index >= 15 is 0 Å². The second-order valence-corrected chi connectivity index (χ2v) is 13.8. The van der Waals surface area contributed by atoms with Crippen LogP contribution in [0.2, 0.25) is 0 Å². The Hall–Kier alpha value is -4.67. The van der Waals surface area contributed by atoms with E-state index in [1.165, 1.54) is 38.6 Å². The third kappa shape index (κ3) is 7.45. The fourth-order valence-corrected chi connectivity index (χ4v) is 8.50. The minimum absolute atomic E-state index is 0.213. The van der Waals surface area contributed by atoms with Gasteiger partial charge >= 0.3 is 0 Å². The molecule has 6 rings (SSSR count). The van der Waals surface area contributed by atoms with Gasteiger partial charge < -0.3 is 4.57 Å². The zero-order valence-corrected chi connectivity index (χ0v) is 27.5. The predicted octanol–water partition coefficient (Wildman–Crippen LogP) is 7.03. The van der Waals surface area contributed by atoms with Gasteiger partial charge in [0.2, 0.25) is 0 Å². The van der Waals surface area contributed by atoms with E-state index in [0.29, 0.717) is 5.92 Å². The molecule has 0 aliphatic carbocycles. The van der Waals surface area contributed by atoms with E-state index in [9.17, 15) is 0 Å². The summed E-state index contributed by atoms with van der Waals surface area (Å²) in [7, 11) is 1.28. The molecule has 0 saturated carbocycles. The summed E-state index contributed by atoms with van der Waals surface area (Å²) in [5.74, 6) is 2.82. The lowest BCUT2D eigenvalue weighted by Crippen LogP contribution is -2.46. The van der Waals surface area contributed by atoms with Crippen LogP contribution in [0.4, 0.5) is 0 Å². The number of imidazole rings is 1. The lowest BCUT2D eigenvalue weighted by molar-refractivity contribution is 0.596. The summed E-state index contributed by atoms with van der Waals surface area (Å²) in [6.07, 6.45) is 7.11. The number of aromatic nitrogens is 2. The van der Waals surface area contributed by atoms with E-state index in [4.69, 9.17) is 0 Å². The summed E-state index contributed by atoms with van der Waals surface area (Å²) in [5, 5.41) is 1.26. The number of benzene rings is 5. The Labute approximate surface area is 266 Å². The van der Waals surface area contributed by atoms with Gasteiger partial charge in [-0.15, -0.1) is 5.98 Å². The van der Waals surface area contributed by atoms with Crippen LogP contribution in [-0.4, -0.2) is 26.9 Å². The summed E-state index contributed by atoms with van der Waals surface area (Å²) in [5.41, 5.74) is 7.91. The van der Waals surface area contributed by atoms with Crippen LogP contribution in [0.1, 0.15) is 41.7 Å². The average molecular weight is 589 g/mol. The zero-order chi connectivity index (χ0) is 30.6. The van der Waals surface area contributed by atoms with Crippen LogP contribution in [0.3, 0.4) is 0 Å². The molecule has 1 heterocycles. The maximum atomic E-state index is 4.42. The fourth-order valence-electron chi connectivity index (χ4n) is 6.04. The van der Waals surface area contributed by atoms with Crippen molar-refractivity contribution in [3.8, 4) is 0 Å². The van der Waals surface area contributed by atoms with Crippen molar-refractivity contribution < 1.29 is 0 Å². The van der Waals surface area contributed by atoms with Gasteiger partial charge in [0.1, 0.15) is 7.85 Å². The van der Waals surface area contributed by atoms with Gasteiger partial charge in [-0.1, -0.05) is 165 Å². The molecule has 44 heavy (non-hydrogen) atoms. The zero-order valence-electron chi connectivity index (χ0n) is 26.1. The van der Waals surface area contributed by atoms with Crippen LogP contribution in [-0.2, 0) is 11.6 Å². The standard InChI is InChI=1S/C26H28N2Si.C14H13B/c1-21(2)18-22-10-9-15-25(19-22)29-26(28-17-16-27-20-28,23-11-5-3-6-12-23)24-13-7-4-8-14-24;15-11-14(12-7-3-1-4-8-12)13-9-5-2-6-10-13/h3-17,19-21H,18,29H2,1-2H3;1-11H,15H2. The highest BCUT2D eigenvalue weighted by atomic mass is 28.2. The minimum atomic E-state index is -0.802. The molecule has 0 aliphatic rings. The van der Waals surface area contributed by atoms with Crippen molar-refractivity contribution >= 4 is 28.1 Å². The van der Waals surface area contributed by atoms with Crippen LogP contribution >= 0.6 is 0 Å². The Kier molecular flexibility index (Phi) is 10.6. The third-order valence-electron chi connectivity index (χ3n) is 8.00. The van der Waals surface area contributed by atoms with E-state index in [2.05, 4.69) is 177 Å². The quantitative estimate of drug-likeness (QED) is 0.166. The highest BCUT2D eigenvalue weighted by molar-refractivity contribution is 6.57. The van der Waals surface area contributed by atoms with Crippen LogP contribution in [0.5, 0.6) is 0 Å².